The summed E-state index contributed by atoms with van der Waals surface area (Å²) in [6, 6.07) is 6.01. The lowest BCUT2D eigenvalue weighted by Gasteiger charge is -2.15. The molecule has 1 saturated carbocycles. The van der Waals surface area contributed by atoms with Gasteiger partial charge in [0.15, 0.2) is 0 Å². The summed E-state index contributed by atoms with van der Waals surface area (Å²) in [5.41, 5.74) is 7.92. The van der Waals surface area contributed by atoms with Gasteiger partial charge in [0, 0.05) is 22.6 Å². The number of halogens is 2. The van der Waals surface area contributed by atoms with Crippen LogP contribution < -0.4 is 11.1 Å². The van der Waals surface area contributed by atoms with Crippen molar-refractivity contribution in [2.75, 3.05) is 5.32 Å². The molecule has 0 aromatic heterocycles. The molecule has 3 N–H and O–H groups in total. The van der Waals surface area contributed by atoms with E-state index in [1.807, 2.05) is 25.1 Å². The SMILES string of the molecule is Cc1c(Br)cccc1NC(=O)C[C@@H]1CCC[C@H]1N.Cl. The van der Waals surface area contributed by atoms with E-state index in [9.17, 15) is 4.79 Å². The van der Waals surface area contributed by atoms with Crippen LogP contribution in [0, 0.1) is 12.8 Å². The lowest BCUT2D eigenvalue weighted by Crippen LogP contribution is -2.28. The van der Waals surface area contributed by atoms with Crippen molar-refractivity contribution in [3.63, 3.8) is 0 Å². The minimum Gasteiger partial charge on any atom is -0.327 e. The fourth-order valence-electron chi connectivity index (χ4n) is 2.50. The first kappa shape index (κ1) is 16.5. The molecule has 1 aromatic rings. The molecule has 3 nitrogen and oxygen atoms in total. The zero-order valence-electron chi connectivity index (χ0n) is 11.0. The molecule has 0 radical (unpaired) electrons. The van der Waals surface area contributed by atoms with Gasteiger partial charge in [0.2, 0.25) is 5.91 Å². The quantitative estimate of drug-likeness (QED) is 0.877. The Morgan fingerprint density at radius 1 is 1.47 bits per heavy atom. The van der Waals surface area contributed by atoms with Gasteiger partial charge in [-0.1, -0.05) is 28.4 Å². The van der Waals surface area contributed by atoms with Gasteiger partial charge in [0.25, 0.3) is 0 Å². The molecule has 0 aliphatic heterocycles. The number of benzene rings is 1. The van der Waals surface area contributed by atoms with Gasteiger partial charge in [0.1, 0.15) is 0 Å². The molecule has 0 heterocycles. The minimum atomic E-state index is 0. The van der Waals surface area contributed by atoms with E-state index >= 15 is 0 Å². The number of nitrogens with one attached hydrogen (secondary N) is 1. The topological polar surface area (TPSA) is 55.1 Å². The number of carbonyl (C=O) groups excluding carboxylic acids is 1. The van der Waals surface area contributed by atoms with Gasteiger partial charge < -0.3 is 11.1 Å². The number of carbonyl (C=O) groups is 1. The van der Waals surface area contributed by atoms with Crippen LogP contribution in [0.5, 0.6) is 0 Å². The van der Waals surface area contributed by atoms with Crippen molar-refractivity contribution in [2.45, 2.75) is 38.6 Å². The maximum absolute atomic E-state index is 12.0. The molecule has 0 spiro atoms. The monoisotopic (exact) mass is 346 g/mol. The Balaban J connectivity index is 0.00000180. The van der Waals surface area contributed by atoms with E-state index < -0.39 is 0 Å². The molecular formula is C14H20BrClN2O. The number of anilines is 1. The van der Waals surface area contributed by atoms with E-state index in [1.165, 1.54) is 0 Å². The molecule has 5 heteroatoms. The molecule has 1 aliphatic rings. The summed E-state index contributed by atoms with van der Waals surface area (Å²) >= 11 is 3.46. The third-order valence-corrected chi connectivity index (χ3v) is 4.57. The van der Waals surface area contributed by atoms with E-state index in [2.05, 4.69) is 21.2 Å². The van der Waals surface area contributed by atoms with Crippen LogP contribution in [-0.4, -0.2) is 11.9 Å². The summed E-state index contributed by atoms with van der Waals surface area (Å²) in [4.78, 5) is 12.0. The Hall–Kier alpha value is -0.580. The van der Waals surface area contributed by atoms with Crippen molar-refractivity contribution in [1.29, 1.82) is 0 Å². The molecule has 19 heavy (non-hydrogen) atoms. The van der Waals surface area contributed by atoms with Crippen molar-refractivity contribution in [3.05, 3.63) is 28.2 Å². The first-order chi connectivity index (χ1) is 8.58. The normalized spacial score (nSPS) is 21.8. The molecule has 2 atom stereocenters. The predicted octanol–water partition coefficient (Wildman–Crippen LogP) is 3.64. The van der Waals surface area contributed by atoms with Crippen LogP contribution in [-0.2, 0) is 4.79 Å². The molecule has 1 fully saturated rings. The number of rotatable bonds is 3. The lowest BCUT2D eigenvalue weighted by molar-refractivity contribution is -0.117. The van der Waals surface area contributed by atoms with Crippen molar-refractivity contribution in [1.82, 2.24) is 0 Å². The van der Waals surface area contributed by atoms with E-state index in [0.29, 0.717) is 12.3 Å². The lowest BCUT2D eigenvalue weighted by atomic mass is 10.00. The van der Waals surface area contributed by atoms with E-state index in [0.717, 1.165) is 35.0 Å². The molecule has 106 valence electrons. The number of hydrogen-bond donors (Lipinski definition) is 2. The standard InChI is InChI=1S/C14H19BrN2O.ClH/c1-9-11(15)5-3-7-13(9)17-14(18)8-10-4-2-6-12(10)16;/h3,5,7,10,12H,2,4,6,8,16H2,1H3,(H,17,18);1H/t10-,12+;/m0./s1. The van der Waals surface area contributed by atoms with E-state index in [-0.39, 0.29) is 24.4 Å². The van der Waals surface area contributed by atoms with Gasteiger partial charge in [-0.2, -0.15) is 0 Å². The van der Waals surface area contributed by atoms with Crippen molar-refractivity contribution >= 4 is 39.9 Å². The molecule has 1 amide bonds. The fraction of sp³-hybridized carbons (Fsp3) is 0.500. The third-order valence-electron chi connectivity index (χ3n) is 3.71. The maximum Gasteiger partial charge on any atom is 0.224 e. The van der Waals surface area contributed by atoms with Gasteiger partial charge in [-0.25, -0.2) is 0 Å². The second-order valence-electron chi connectivity index (χ2n) is 5.02. The highest BCUT2D eigenvalue weighted by Crippen LogP contribution is 2.28. The molecule has 0 bridgehead atoms. The summed E-state index contributed by atoms with van der Waals surface area (Å²) in [7, 11) is 0. The first-order valence-electron chi connectivity index (χ1n) is 6.38. The number of amides is 1. The zero-order valence-corrected chi connectivity index (χ0v) is 13.4. The van der Waals surface area contributed by atoms with E-state index in [1.54, 1.807) is 0 Å². The highest BCUT2D eigenvalue weighted by molar-refractivity contribution is 9.10. The van der Waals surface area contributed by atoms with Gasteiger partial charge >= 0.3 is 0 Å². The maximum atomic E-state index is 12.0. The van der Waals surface area contributed by atoms with Crippen molar-refractivity contribution in [2.24, 2.45) is 11.7 Å². The van der Waals surface area contributed by atoms with Crippen LogP contribution in [0.15, 0.2) is 22.7 Å². The van der Waals surface area contributed by atoms with Gasteiger partial charge in [-0.3, -0.25) is 4.79 Å². The van der Waals surface area contributed by atoms with Crippen LogP contribution in [0.1, 0.15) is 31.2 Å². The Kier molecular flexibility index (Phi) is 6.30. The van der Waals surface area contributed by atoms with Gasteiger partial charge in [0.05, 0.1) is 0 Å². The first-order valence-corrected chi connectivity index (χ1v) is 7.18. The van der Waals surface area contributed by atoms with Crippen molar-refractivity contribution < 1.29 is 4.79 Å². The van der Waals surface area contributed by atoms with Crippen LogP contribution >= 0.6 is 28.3 Å². The average Bonchev–Trinajstić information content (AvgIpc) is 2.71. The molecule has 1 aromatic carbocycles. The molecule has 0 unspecified atom stereocenters. The van der Waals surface area contributed by atoms with Crippen LogP contribution in [0.4, 0.5) is 5.69 Å². The largest absolute Gasteiger partial charge is 0.327 e. The second kappa shape index (κ2) is 7.27. The van der Waals surface area contributed by atoms with Gasteiger partial charge in [-0.15, -0.1) is 12.4 Å². The second-order valence-corrected chi connectivity index (χ2v) is 5.87. The average molecular weight is 348 g/mol. The Morgan fingerprint density at radius 3 is 2.84 bits per heavy atom. The summed E-state index contributed by atoms with van der Waals surface area (Å²) in [5.74, 6) is 0.413. The van der Waals surface area contributed by atoms with Gasteiger partial charge in [-0.05, 0) is 43.4 Å². The molecule has 0 saturated heterocycles. The molecule has 1 aliphatic carbocycles. The Labute approximate surface area is 128 Å². The summed E-state index contributed by atoms with van der Waals surface area (Å²) in [5, 5.41) is 2.97. The summed E-state index contributed by atoms with van der Waals surface area (Å²) < 4.78 is 1.01. The predicted molar refractivity (Wildman–Crippen MR) is 84.7 cm³/mol. The number of nitrogens with two attached hydrogens (primary N) is 1. The third kappa shape index (κ3) is 4.20. The fourth-order valence-corrected chi connectivity index (χ4v) is 2.87. The van der Waals surface area contributed by atoms with Crippen molar-refractivity contribution in [3.8, 4) is 0 Å². The van der Waals surface area contributed by atoms with Crippen LogP contribution in [0.3, 0.4) is 0 Å². The van der Waals surface area contributed by atoms with Crippen LogP contribution in [0.2, 0.25) is 0 Å². The highest BCUT2D eigenvalue weighted by Gasteiger charge is 2.26. The highest BCUT2D eigenvalue weighted by atomic mass is 79.9. The smallest absolute Gasteiger partial charge is 0.224 e. The summed E-state index contributed by atoms with van der Waals surface area (Å²) in [6.07, 6.45) is 3.81. The van der Waals surface area contributed by atoms with Crippen LogP contribution in [0.25, 0.3) is 0 Å². The minimum absolute atomic E-state index is 0. The number of hydrogen-bond acceptors (Lipinski definition) is 2. The summed E-state index contributed by atoms with van der Waals surface area (Å²) in [6.45, 7) is 1.99. The molecular weight excluding hydrogens is 328 g/mol. The van der Waals surface area contributed by atoms with E-state index in [4.69, 9.17) is 5.73 Å². The Morgan fingerprint density at radius 2 is 2.21 bits per heavy atom. The molecule has 2 rings (SSSR count). The Bertz CT molecular complexity index is 453. The zero-order chi connectivity index (χ0) is 13.1.